The average molecular weight is 414 g/mol. The molecule has 21 heavy (non-hydrogen) atoms. The lowest BCUT2D eigenvalue weighted by atomic mass is 10.1. The van der Waals surface area contributed by atoms with Gasteiger partial charge in [0.15, 0.2) is 0 Å². The van der Waals surface area contributed by atoms with Crippen molar-refractivity contribution in [2.45, 2.75) is 6.42 Å². The number of hydrogen-bond donors (Lipinski definition) is 2. The number of nitrogens with one attached hydrogen (secondary N) is 1. The van der Waals surface area contributed by atoms with Crippen LogP contribution in [0.5, 0.6) is 0 Å². The van der Waals surface area contributed by atoms with Crippen LogP contribution in [0.15, 0.2) is 45.6 Å². The Morgan fingerprint density at radius 1 is 1.29 bits per heavy atom. The summed E-state index contributed by atoms with van der Waals surface area (Å²) in [6, 6.07) is 6.63. The summed E-state index contributed by atoms with van der Waals surface area (Å²) in [5, 5.41) is 11.8. The number of benzene rings is 1. The van der Waals surface area contributed by atoms with E-state index in [1.54, 1.807) is 30.6 Å². The summed E-state index contributed by atoms with van der Waals surface area (Å²) in [4.78, 5) is 27.2. The zero-order valence-electron chi connectivity index (χ0n) is 10.6. The number of anilines is 1. The summed E-state index contributed by atoms with van der Waals surface area (Å²) in [5.74, 6) is -1.43. The largest absolute Gasteiger partial charge is 0.478 e. The Kier molecular flexibility index (Phi) is 5.08. The highest BCUT2D eigenvalue weighted by molar-refractivity contribution is 9.11. The van der Waals surface area contributed by atoms with Crippen LogP contribution in [-0.2, 0) is 11.2 Å². The summed E-state index contributed by atoms with van der Waals surface area (Å²) in [5.41, 5.74) is 0.996. The van der Waals surface area contributed by atoms with Crippen molar-refractivity contribution < 1.29 is 14.7 Å². The lowest BCUT2D eigenvalue weighted by Crippen LogP contribution is -2.17. The second-order valence-corrected chi connectivity index (χ2v) is 5.97. The molecule has 7 heteroatoms. The molecule has 0 unspecified atom stereocenters. The SMILES string of the molecule is O=C(Cc1cccnc1)Nc1c(Br)cc(Br)cc1C(=O)O. The number of carbonyl (C=O) groups excluding carboxylic acids is 1. The lowest BCUT2D eigenvalue weighted by molar-refractivity contribution is -0.115. The molecule has 0 aliphatic rings. The van der Waals surface area contributed by atoms with Gasteiger partial charge in [-0.15, -0.1) is 0 Å². The maximum absolute atomic E-state index is 12.0. The van der Waals surface area contributed by atoms with Crippen LogP contribution in [0.25, 0.3) is 0 Å². The van der Waals surface area contributed by atoms with Crippen LogP contribution in [0, 0.1) is 0 Å². The molecule has 1 amide bonds. The predicted molar refractivity (Wildman–Crippen MR) is 85.4 cm³/mol. The summed E-state index contributed by atoms with van der Waals surface area (Å²) in [6.07, 6.45) is 3.33. The van der Waals surface area contributed by atoms with E-state index >= 15 is 0 Å². The van der Waals surface area contributed by atoms with Crippen LogP contribution in [0.2, 0.25) is 0 Å². The van der Waals surface area contributed by atoms with Crippen molar-refractivity contribution in [2.75, 3.05) is 5.32 Å². The van der Waals surface area contributed by atoms with E-state index in [0.29, 0.717) is 8.95 Å². The van der Waals surface area contributed by atoms with E-state index in [9.17, 15) is 14.7 Å². The highest BCUT2D eigenvalue weighted by Crippen LogP contribution is 2.31. The van der Waals surface area contributed by atoms with Crippen molar-refractivity contribution in [1.82, 2.24) is 4.98 Å². The number of pyridine rings is 1. The Morgan fingerprint density at radius 2 is 2.05 bits per heavy atom. The Hall–Kier alpha value is -1.73. The fourth-order valence-electron chi connectivity index (χ4n) is 1.74. The van der Waals surface area contributed by atoms with Gasteiger partial charge >= 0.3 is 5.97 Å². The van der Waals surface area contributed by atoms with Gasteiger partial charge in [-0.2, -0.15) is 0 Å². The molecule has 2 N–H and O–H groups in total. The number of aromatic nitrogens is 1. The summed E-state index contributed by atoms with van der Waals surface area (Å²) >= 11 is 6.48. The van der Waals surface area contributed by atoms with E-state index in [-0.39, 0.29) is 23.6 Å². The third-order valence-corrected chi connectivity index (χ3v) is 3.72. The number of aromatic carboxylic acids is 1. The standard InChI is InChI=1S/C14H10Br2N2O3/c15-9-5-10(14(20)21)13(11(16)6-9)18-12(19)4-8-2-1-3-17-7-8/h1-3,5-7H,4H2,(H,18,19)(H,20,21). The van der Waals surface area contributed by atoms with Gasteiger partial charge in [0.05, 0.1) is 17.7 Å². The second kappa shape index (κ2) is 6.82. The van der Waals surface area contributed by atoms with Gasteiger partial charge in [0, 0.05) is 21.3 Å². The van der Waals surface area contributed by atoms with Gasteiger partial charge < -0.3 is 10.4 Å². The first kappa shape index (κ1) is 15.7. The minimum absolute atomic E-state index is 0.00999. The molecule has 0 atom stereocenters. The van der Waals surface area contributed by atoms with E-state index in [0.717, 1.165) is 5.56 Å². The topological polar surface area (TPSA) is 79.3 Å². The van der Waals surface area contributed by atoms with Gasteiger partial charge in [-0.1, -0.05) is 22.0 Å². The highest BCUT2D eigenvalue weighted by Gasteiger charge is 2.17. The molecular formula is C14H10Br2N2O3. The molecule has 108 valence electrons. The van der Waals surface area contributed by atoms with E-state index in [2.05, 4.69) is 42.2 Å². The van der Waals surface area contributed by atoms with Crippen molar-refractivity contribution in [3.05, 3.63) is 56.7 Å². The summed E-state index contributed by atoms with van der Waals surface area (Å²) in [7, 11) is 0. The molecule has 0 bridgehead atoms. The van der Waals surface area contributed by atoms with Crippen molar-refractivity contribution in [2.24, 2.45) is 0 Å². The predicted octanol–water partition coefficient (Wildman–Crippen LogP) is 3.49. The first-order chi connectivity index (χ1) is 9.97. The molecule has 5 nitrogen and oxygen atoms in total. The minimum atomic E-state index is -1.12. The number of halogens is 2. The van der Waals surface area contributed by atoms with Crippen LogP contribution < -0.4 is 5.32 Å². The lowest BCUT2D eigenvalue weighted by Gasteiger charge is -2.11. The molecule has 0 aliphatic carbocycles. The van der Waals surface area contributed by atoms with E-state index in [4.69, 9.17) is 0 Å². The van der Waals surface area contributed by atoms with Crippen LogP contribution in [0.3, 0.4) is 0 Å². The van der Waals surface area contributed by atoms with E-state index < -0.39 is 5.97 Å². The molecule has 0 spiro atoms. The smallest absolute Gasteiger partial charge is 0.337 e. The van der Waals surface area contributed by atoms with Crippen LogP contribution in [-0.4, -0.2) is 22.0 Å². The molecule has 1 heterocycles. The number of rotatable bonds is 4. The Labute approximate surface area is 137 Å². The first-order valence-corrected chi connectivity index (χ1v) is 7.47. The van der Waals surface area contributed by atoms with Gasteiger partial charge in [-0.25, -0.2) is 4.79 Å². The molecule has 2 aromatic rings. The van der Waals surface area contributed by atoms with Gasteiger partial charge in [0.1, 0.15) is 0 Å². The Morgan fingerprint density at radius 3 is 2.67 bits per heavy atom. The molecule has 1 aromatic heterocycles. The normalized spacial score (nSPS) is 10.2. The number of hydrogen-bond acceptors (Lipinski definition) is 3. The third-order valence-electron chi connectivity index (χ3n) is 2.64. The van der Waals surface area contributed by atoms with Gasteiger partial charge in [0.2, 0.25) is 5.91 Å². The molecule has 0 fully saturated rings. The zero-order valence-corrected chi connectivity index (χ0v) is 13.8. The first-order valence-electron chi connectivity index (χ1n) is 5.88. The molecule has 0 radical (unpaired) electrons. The fourth-order valence-corrected chi connectivity index (χ4v) is 3.07. The van der Waals surface area contributed by atoms with Crippen LogP contribution in [0.4, 0.5) is 5.69 Å². The zero-order chi connectivity index (χ0) is 15.4. The monoisotopic (exact) mass is 412 g/mol. The molecule has 0 aliphatic heterocycles. The molecular weight excluding hydrogens is 404 g/mol. The number of nitrogens with zero attached hydrogens (tertiary/aromatic N) is 1. The maximum atomic E-state index is 12.0. The number of carbonyl (C=O) groups is 2. The van der Waals surface area contributed by atoms with Crippen molar-refractivity contribution in [3.63, 3.8) is 0 Å². The van der Waals surface area contributed by atoms with Gasteiger partial charge in [0.25, 0.3) is 0 Å². The quantitative estimate of drug-likeness (QED) is 0.803. The van der Waals surface area contributed by atoms with E-state index in [1.807, 2.05) is 0 Å². The van der Waals surface area contributed by atoms with Crippen molar-refractivity contribution >= 4 is 49.4 Å². The third kappa shape index (κ3) is 4.12. The summed E-state index contributed by atoms with van der Waals surface area (Å²) < 4.78 is 1.10. The fraction of sp³-hybridized carbons (Fsp3) is 0.0714. The van der Waals surface area contributed by atoms with Crippen LogP contribution in [0.1, 0.15) is 15.9 Å². The highest BCUT2D eigenvalue weighted by atomic mass is 79.9. The second-order valence-electron chi connectivity index (χ2n) is 4.20. The molecule has 2 rings (SSSR count). The van der Waals surface area contributed by atoms with Gasteiger partial charge in [-0.05, 0) is 39.7 Å². The average Bonchev–Trinajstić information content (AvgIpc) is 2.42. The summed E-state index contributed by atoms with van der Waals surface area (Å²) in [6.45, 7) is 0. The van der Waals surface area contributed by atoms with Crippen molar-refractivity contribution in [1.29, 1.82) is 0 Å². The number of carboxylic acid groups (broad SMARTS) is 1. The molecule has 0 saturated heterocycles. The Bertz CT molecular complexity index is 690. The van der Waals surface area contributed by atoms with E-state index in [1.165, 1.54) is 6.07 Å². The van der Waals surface area contributed by atoms with Crippen LogP contribution >= 0.6 is 31.9 Å². The molecule has 0 saturated carbocycles. The van der Waals surface area contributed by atoms with Crippen molar-refractivity contribution in [3.8, 4) is 0 Å². The maximum Gasteiger partial charge on any atom is 0.337 e. The number of carboxylic acids is 1. The Balaban J connectivity index is 2.23. The van der Waals surface area contributed by atoms with Gasteiger partial charge in [-0.3, -0.25) is 9.78 Å². The minimum Gasteiger partial charge on any atom is -0.478 e. The number of amides is 1. The molecule has 1 aromatic carbocycles.